The molecular weight excluding hydrogens is 164 g/mol. The van der Waals surface area contributed by atoms with Gasteiger partial charge in [-0.3, -0.25) is 9.48 Å². The molecular formula is C10H14N2O. The van der Waals surface area contributed by atoms with Gasteiger partial charge in [0.2, 0.25) is 0 Å². The number of carbonyl (C=O) groups is 1. The second-order valence-corrected chi connectivity index (χ2v) is 3.61. The van der Waals surface area contributed by atoms with Crippen molar-refractivity contribution in [3.8, 4) is 0 Å². The van der Waals surface area contributed by atoms with Crippen LogP contribution >= 0.6 is 0 Å². The van der Waals surface area contributed by atoms with Crippen molar-refractivity contribution < 1.29 is 4.79 Å². The van der Waals surface area contributed by atoms with Gasteiger partial charge in [-0.15, -0.1) is 0 Å². The zero-order chi connectivity index (χ0) is 9.26. The monoisotopic (exact) mass is 178 g/mol. The Hall–Kier alpha value is -1.12. The maximum atomic E-state index is 11.1. The average Bonchev–Trinajstić information content (AvgIpc) is 2.71. The number of hydrogen-bond acceptors (Lipinski definition) is 2. The predicted octanol–water partition coefficient (Wildman–Crippen LogP) is 1.74. The first-order valence-electron chi connectivity index (χ1n) is 4.83. The lowest BCUT2D eigenvalue weighted by Crippen LogP contribution is -1.94. The first-order valence-corrected chi connectivity index (χ1v) is 4.83. The average molecular weight is 178 g/mol. The van der Waals surface area contributed by atoms with Gasteiger partial charge >= 0.3 is 0 Å². The van der Waals surface area contributed by atoms with Gasteiger partial charge in [0.05, 0.1) is 6.20 Å². The molecule has 0 amide bonds. The lowest BCUT2D eigenvalue weighted by atomic mass is 10.0. The lowest BCUT2D eigenvalue weighted by Gasteiger charge is -2.02. The van der Waals surface area contributed by atoms with Crippen molar-refractivity contribution in [1.82, 2.24) is 9.78 Å². The van der Waals surface area contributed by atoms with E-state index in [1.807, 2.05) is 10.9 Å². The standard InChI is InChI=1S/C10H14N2O/c1-2-12-7-9(6-11-12)8-3-4-10(13)5-8/h6-8H,2-5H2,1H3. The molecule has 0 bridgehead atoms. The van der Waals surface area contributed by atoms with Crippen molar-refractivity contribution in [1.29, 1.82) is 0 Å². The third-order valence-corrected chi connectivity index (χ3v) is 2.69. The molecule has 1 unspecified atom stereocenters. The predicted molar refractivity (Wildman–Crippen MR) is 49.5 cm³/mol. The van der Waals surface area contributed by atoms with E-state index in [1.54, 1.807) is 0 Å². The van der Waals surface area contributed by atoms with Crippen molar-refractivity contribution in [3.63, 3.8) is 0 Å². The summed E-state index contributed by atoms with van der Waals surface area (Å²) in [7, 11) is 0. The summed E-state index contributed by atoms with van der Waals surface area (Å²) in [5.74, 6) is 0.835. The molecule has 1 aliphatic carbocycles. The van der Waals surface area contributed by atoms with E-state index in [-0.39, 0.29) is 0 Å². The minimum absolute atomic E-state index is 0.397. The Morgan fingerprint density at radius 1 is 1.69 bits per heavy atom. The van der Waals surface area contributed by atoms with Crippen molar-refractivity contribution in [2.45, 2.75) is 38.6 Å². The highest BCUT2D eigenvalue weighted by Gasteiger charge is 2.24. The quantitative estimate of drug-likeness (QED) is 0.691. The number of rotatable bonds is 2. The van der Waals surface area contributed by atoms with Crippen molar-refractivity contribution >= 4 is 5.78 Å². The van der Waals surface area contributed by atoms with Crippen LogP contribution in [0.5, 0.6) is 0 Å². The summed E-state index contributed by atoms with van der Waals surface area (Å²) in [5, 5.41) is 4.21. The first-order chi connectivity index (χ1) is 6.29. The second-order valence-electron chi connectivity index (χ2n) is 3.61. The molecule has 0 saturated heterocycles. The molecule has 0 aromatic carbocycles. The first kappa shape index (κ1) is 8.48. The van der Waals surface area contributed by atoms with Gasteiger partial charge in [0.1, 0.15) is 5.78 Å². The molecule has 1 saturated carbocycles. The Balaban J connectivity index is 2.12. The number of carbonyl (C=O) groups excluding carboxylic acids is 1. The summed E-state index contributed by atoms with van der Waals surface area (Å²) in [6.45, 7) is 2.97. The molecule has 1 heterocycles. The van der Waals surface area contributed by atoms with Crippen LogP contribution in [0.25, 0.3) is 0 Å². The minimum atomic E-state index is 0.397. The van der Waals surface area contributed by atoms with E-state index in [0.29, 0.717) is 11.7 Å². The molecule has 3 heteroatoms. The summed E-state index contributed by atoms with van der Waals surface area (Å²) in [6, 6.07) is 0. The van der Waals surface area contributed by atoms with Gasteiger partial charge in [-0.05, 0) is 24.8 Å². The van der Waals surface area contributed by atoms with Crippen LogP contribution in [0.15, 0.2) is 12.4 Å². The number of nitrogens with zero attached hydrogens (tertiary/aromatic N) is 2. The van der Waals surface area contributed by atoms with Crippen LogP contribution in [0.1, 0.15) is 37.7 Å². The van der Waals surface area contributed by atoms with Gasteiger partial charge < -0.3 is 0 Å². The van der Waals surface area contributed by atoms with Crippen molar-refractivity contribution in [3.05, 3.63) is 18.0 Å². The summed E-state index contributed by atoms with van der Waals surface area (Å²) in [5.41, 5.74) is 1.23. The summed E-state index contributed by atoms with van der Waals surface area (Å²) in [6.07, 6.45) is 6.43. The number of ketones is 1. The molecule has 1 aliphatic rings. The highest BCUT2D eigenvalue weighted by molar-refractivity contribution is 5.81. The number of hydrogen-bond donors (Lipinski definition) is 0. The summed E-state index contributed by atoms with van der Waals surface area (Å²) in [4.78, 5) is 11.1. The maximum absolute atomic E-state index is 11.1. The fourth-order valence-electron chi connectivity index (χ4n) is 1.86. The van der Waals surface area contributed by atoms with Crippen LogP contribution < -0.4 is 0 Å². The van der Waals surface area contributed by atoms with Gasteiger partial charge in [-0.25, -0.2) is 0 Å². The molecule has 2 rings (SSSR count). The zero-order valence-electron chi connectivity index (χ0n) is 7.86. The molecule has 1 fully saturated rings. The fourth-order valence-corrected chi connectivity index (χ4v) is 1.86. The van der Waals surface area contributed by atoms with Gasteiger partial charge in [0.15, 0.2) is 0 Å². The van der Waals surface area contributed by atoms with Gasteiger partial charge in [-0.1, -0.05) is 0 Å². The Bertz CT molecular complexity index is 316. The van der Waals surface area contributed by atoms with E-state index < -0.39 is 0 Å². The van der Waals surface area contributed by atoms with E-state index in [4.69, 9.17) is 0 Å². The van der Waals surface area contributed by atoms with E-state index >= 15 is 0 Å². The molecule has 1 atom stereocenters. The fraction of sp³-hybridized carbons (Fsp3) is 0.600. The molecule has 0 N–H and O–H groups in total. The number of aromatic nitrogens is 2. The molecule has 0 radical (unpaired) electrons. The Labute approximate surface area is 77.7 Å². The SMILES string of the molecule is CCn1cc(C2CCC(=O)C2)cn1. The van der Waals surface area contributed by atoms with Crippen LogP contribution in [-0.4, -0.2) is 15.6 Å². The highest BCUT2D eigenvalue weighted by atomic mass is 16.1. The summed E-state index contributed by atoms with van der Waals surface area (Å²) >= 11 is 0. The molecule has 0 spiro atoms. The van der Waals surface area contributed by atoms with Crippen LogP contribution in [0.3, 0.4) is 0 Å². The van der Waals surface area contributed by atoms with Crippen LogP contribution in [-0.2, 0) is 11.3 Å². The van der Waals surface area contributed by atoms with E-state index in [2.05, 4.69) is 18.2 Å². The minimum Gasteiger partial charge on any atom is -0.300 e. The zero-order valence-corrected chi connectivity index (χ0v) is 7.86. The van der Waals surface area contributed by atoms with Crippen LogP contribution in [0.4, 0.5) is 0 Å². The normalized spacial score (nSPS) is 22.5. The highest BCUT2D eigenvalue weighted by Crippen LogP contribution is 2.31. The van der Waals surface area contributed by atoms with Crippen molar-refractivity contribution in [2.24, 2.45) is 0 Å². The molecule has 1 aromatic heterocycles. The summed E-state index contributed by atoms with van der Waals surface area (Å²) < 4.78 is 1.91. The smallest absolute Gasteiger partial charge is 0.133 e. The number of Topliss-reactive ketones (excluding diaryl/α,β-unsaturated/α-hetero) is 1. The van der Waals surface area contributed by atoms with Crippen LogP contribution in [0.2, 0.25) is 0 Å². The van der Waals surface area contributed by atoms with E-state index in [1.165, 1.54) is 5.56 Å². The Morgan fingerprint density at radius 2 is 2.54 bits per heavy atom. The largest absolute Gasteiger partial charge is 0.300 e. The van der Waals surface area contributed by atoms with Crippen LogP contribution in [0, 0.1) is 0 Å². The van der Waals surface area contributed by atoms with E-state index in [0.717, 1.165) is 25.8 Å². The van der Waals surface area contributed by atoms with Crippen molar-refractivity contribution in [2.75, 3.05) is 0 Å². The topological polar surface area (TPSA) is 34.9 Å². The Kier molecular flexibility index (Phi) is 2.17. The maximum Gasteiger partial charge on any atom is 0.133 e. The molecule has 13 heavy (non-hydrogen) atoms. The molecule has 3 nitrogen and oxygen atoms in total. The molecule has 70 valence electrons. The molecule has 1 aromatic rings. The third-order valence-electron chi connectivity index (χ3n) is 2.69. The Morgan fingerprint density at radius 3 is 3.08 bits per heavy atom. The molecule has 0 aliphatic heterocycles. The van der Waals surface area contributed by atoms with Gasteiger partial charge in [0, 0.05) is 25.6 Å². The second kappa shape index (κ2) is 3.32. The number of aryl methyl sites for hydroxylation is 1. The lowest BCUT2D eigenvalue weighted by molar-refractivity contribution is -0.117. The third kappa shape index (κ3) is 1.64. The van der Waals surface area contributed by atoms with Gasteiger partial charge in [0.25, 0.3) is 0 Å². The van der Waals surface area contributed by atoms with E-state index in [9.17, 15) is 4.79 Å². The van der Waals surface area contributed by atoms with Gasteiger partial charge in [-0.2, -0.15) is 5.10 Å².